The first kappa shape index (κ1) is 17.5. The van der Waals surface area contributed by atoms with E-state index >= 15 is 0 Å². The van der Waals surface area contributed by atoms with Crippen LogP contribution in [0, 0.1) is 0 Å². The maximum atomic E-state index is 11.6. The van der Waals surface area contributed by atoms with Crippen LogP contribution in [-0.4, -0.2) is 34.1 Å². The van der Waals surface area contributed by atoms with E-state index in [1.807, 2.05) is 45.5 Å². The van der Waals surface area contributed by atoms with Crippen molar-refractivity contribution >= 4 is 6.09 Å². The van der Waals surface area contributed by atoms with E-state index in [-0.39, 0.29) is 18.2 Å². The summed E-state index contributed by atoms with van der Waals surface area (Å²) in [6.45, 7) is 10.4. The van der Waals surface area contributed by atoms with Crippen LogP contribution >= 0.6 is 0 Å². The molecule has 0 aliphatic carbocycles. The van der Waals surface area contributed by atoms with E-state index in [1.54, 1.807) is 6.20 Å². The monoisotopic (exact) mass is 296 g/mol. The van der Waals surface area contributed by atoms with E-state index in [0.29, 0.717) is 0 Å². The molecule has 120 valence electrons. The summed E-state index contributed by atoms with van der Waals surface area (Å²) >= 11 is 0. The molecule has 1 aromatic heterocycles. The Kier molecular flexibility index (Phi) is 6.20. The first-order valence-electron chi connectivity index (χ1n) is 7.40. The molecule has 1 amide bonds. The number of amides is 1. The molecule has 6 nitrogen and oxygen atoms in total. The number of aryl methyl sites for hydroxylation is 1. The van der Waals surface area contributed by atoms with Gasteiger partial charge in [-0.25, -0.2) is 4.79 Å². The summed E-state index contributed by atoms with van der Waals surface area (Å²) < 4.78 is 7.09. The number of carbonyl (C=O) groups excluding carboxylic acids is 1. The fraction of sp³-hybridized carbons (Fsp3) is 0.733. The summed E-state index contributed by atoms with van der Waals surface area (Å²) in [5.41, 5.74) is 0.679. The summed E-state index contributed by atoms with van der Waals surface area (Å²) in [6.07, 6.45) is 2.26. The van der Waals surface area contributed by atoms with Crippen molar-refractivity contribution in [2.24, 2.45) is 7.05 Å². The molecule has 0 saturated carbocycles. The topological polar surface area (TPSA) is 68.2 Å². The van der Waals surface area contributed by atoms with Crippen molar-refractivity contribution < 1.29 is 9.53 Å². The zero-order chi connectivity index (χ0) is 16.0. The molecule has 0 aliphatic heterocycles. The van der Waals surface area contributed by atoms with Crippen LogP contribution in [-0.2, 0) is 11.8 Å². The molecule has 2 N–H and O–H groups in total. The van der Waals surface area contributed by atoms with Gasteiger partial charge in [-0.05, 0) is 53.7 Å². The lowest BCUT2D eigenvalue weighted by Crippen LogP contribution is -2.39. The number of hydrogen-bond acceptors (Lipinski definition) is 4. The molecule has 0 aliphatic rings. The van der Waals surface area contributed by atoms with E-state index in [2.05, 4.69) is 22.7 Å². The molecule has 0 aromatic carbocycles. The lowest BCUT2D eigenvalue weighted by molar-refractivity contribution is 0.0506. The highest BCUT2D eigenvalue weighted by molar-refractivity contribution is 5.67. The van der Waals surface area contributed by atoms with E-state index in [1.165, 1.54) is 0 Å². The van der Waals surface area contributed by atoms with Crippen LogP contribution in [0.25, 0.3) is 0 Å². The number of nitrogens with zero attached hydrogens (tertiary/aromatic N) is 2. The van der Waals surface area contributed by atoms with Gasteiger partial charge in [0.15, 0.2) is 0 Å². The van der Waals surface area contributed by atoms with Gasteiger partial charge in [0.2, 0.25) is 0 Å². The van der Waals surface area contributed by atoms with Gasteiger partial charge in [-0.2, -0.15) is 5.10 Å². The van der Waals surface area contributed by atoms with Crippen molar-refractivity contribution in [3.05, 3.63) is 18.0 Å². The largest absolute Gasteiger partial charge is 0.444 e. The predicted octanol–water partition coefficient (Wildman–Crippen LogP) is 2.37. The standard InChI is InChI=1S/C15H28N4O2/c1-11(18-14(20)21-15(3,4)5)7-9-16-12(2)13-8-10-17-19(13)6/h8,10-12,16H,7,9H2,1-6H3,(H,18,20). The van der Waals surface area contributed by atoms with Crippen molar-refractivity contribution in [1.82, 2.24) is 20.4 Å². The highest BCUT2D eigenvalue weighted by atomic mass is 16.6. The Morgan fingerprint density at radius 3 is 2.62 bits per heavy atom. The van der Waals surface area contributed by atoms with Gasteiger partial charge in [0, 0.05) is 25.3 Å². The Hall–Kier alpha value is -1.56. The second-order valence-corrected chi connectivity index (χ2v) is 6.39. The highest BCUT2D eigenvalue weighted by Gasteiger charge is 2.17. The van der Waals surface area contributed by atoms with Crippen LogP contribution in [0.2, 0.25) is 0 Å². The molecule has 0 radical (unpaired) electrons. The minimum absolute atomic E-state index is 0.0612. The summed E-state index contributed by atoms with van der Waals surface area (Å²) in [5, 5.41) is 10.4. The fourth-order valence-corrected chi connectivity index (χ4v) is 2.01. The van der Waals surface area contributed by atoms with Gasteiger partial charge in [-0.3, -0.25) is 4.68 Å². The van der Waals surface area contributed by atoms with Gasteiger partial charge in [-0.1, -0.05) is 0 Å². The Morgan fingerprint density at radius 1 is 1.43 bits per heavy atom. The van der Waals surface area contributed by atoms with Crippen molar-refractivity contribution in [2.45, 2.75) is 58.7 Å². The summed E-state index contributed by atoms with van der Waals surface area (Å²) in [5.74, 6) is 0. The highest BCUT2D eigenvalue weighted by Crippen LogP contribution is 2.10. The SMILES string of the molecule is CC(CCNC(C)c1ccnn1C)NC(=O)OC(C)(C)C. The van der Waals surface area contributed by atoms with Gasteiger partial charge in [0.05, 0.1) is 5.69 Å². The van der Waals surface area contributed by atoms with Gasteiger partial charge in [0.1, 0.15) is 5.60 Å². The Labute approximate surface area is 127 Å². The van der Waals surface area contributed by atoms with Crippen LogP contribution in [0.5, 0.6) is 0 Å². The Bertz CT molecular complexity index is 451. The van der Waals surface area contributed by atoms with Crippen molar-refractivity contribution in [1.29, 1.82) is 0 Å². The molecule has 1 aromatic rings. The van der Waals surface area contributed by atoms with Crippen molar-refractivity contribution in [2.75, 3.05) is 6.54 Å². The van der Waals surface area contributed by atoms with Gasteiger partial charge >= 0.3 is 6.09 Å². The smallest absolute Gasteiger partial charge is 0.407 e. The normalized spacial score (nSPS) is 14.6. The van der Waals surface area contributed by atoms with E-state index in [4.69, 9.17) is 4.74 Å². The number of nitrogens with one attached hydrogen (secondary N) is 2. The molecular weight excluding hydrogens is 268 g/mol. The maximum absolute atomic E-state index is 11.6. The molecule has 0 saturated heterocycles. The van der Waals surface area contributed by atoms with Crippen LogP contribution in [0.1, 0.15) is 52.8 Å². The number of rotatable bonds is 6. The zero-order valence-electron chi connectivity index (χ0n) is 13.9. The Morgan fingerprint density at radius 2 is 2.10 bits per heavy atom. The van der Waals surface area contributed by atoms with Crippen LogP contribution in [0.3, 0.4) is 0 Å². The molecule has 1 heterocycles. The molecule has 2 atom stereocenters. The zero-order valence-corrected chi connectivity index (χ0v) is 13.9. The van der Waals surface area contributed by atoms with Crippen molar-refractivity contribution in [3.8, 4) is 0 Å². The Balaban J connectivity index is 2.26. The van der Waals surface area contributed by atoms with E-state index < -0.39 is 5.60 Å². The lowest BCUT2D eigenvalue weighted by Gasteiger charge is -2.22. The number of alkyl carbamates (subject to hydrolysis) is 1. The van der Waals surface area contributed by atoms with Crippen LogP contribution in [0.4, 0.5) is 4.79 Å². The van der Waals surface area contributed by atoms with Gasteiger partial charge in [0.25, 0.3) is 0 Å². The quantitative estimate of drug-likeness (QED) is 0.845. The number of carbonyl (C=O) groups is 1. The number of aromatic nitrogens is 2. The summed E-state index contributed by atoms with van der Waals surface area (Å²) in [7, 11) is 1.93. The lowest BCUT2D eigenvalue weighted by atomic mass is 10.2. The predicted molar refractivity (Wildman–Crippen MR) is 83.1 cm³/mol. The summed E-state index contributed by atoms with van der Waals surface area (Å²) in [4.78, 5) is 11.6. The molecule has 1 rings (SSSR count). The first-order valence-corrected chi connectivity index (χ1v) is 7.40. The van der Waals surface area contributed by atoms with Gasteiger partial charge < -0.3 is 15.4 Å². The maximum Gasteiger partial charge on any atom is 0.407 e. The number of ether oxygens (including phenoxy) is 1. The third-order valence-corrected chi connectivity index (χ3v) is 3.09. The molecule has 6 heteroatoms. The first-order chi connectivity index (χ1) is 9.69. The average Bonchev–Trinajstić information content (AvgIpc) is 2.72. The van der Waals surface area contributed by atoms with Crippen LogP contribution in [0.15, 0.2) is 12.3 Å². The molecule has 0 fully saturated rings. The fourth-order valence-electron chi connectivity index (χ4n) is 2.01. The second kappa shape index (κ2) is 7.45. The summed E-state index contributed by atoms with van der Waals surface area (Å²) in [6, 6.07) is 2.29. The average molecular weight is 296 g/mol. The van der Waals surface area contributed by atoms with E-state index in [0.717, 1.165) is 18.7 Å². The second-order valence-electron chi connectivity index (χ2n) is 6.39. The molecule has 2 unspecified atom stereocenters. The van der Waals surface area contributed by atoms with Gasteiger partial charge in [-0.15, -0.1) is 0 Å². The van der Waals surface area contributed by atoms with Crippen molar-refractivity contribution in [3.63, 3.8) is 0 Å². The molecular formula is C15H28N4O2. The molecule has 0 spiro atoms. The molecule has 0 bridgehead atoms. The molecule has 21 heavy (non-hydrogen) atoms. The minimum atomic E-state index is -0.462. The van der Waals surface area contributed by atoms with Crippen LogP contribution < -0.4 is 10.6 Å². The minimum Gasteiger partial charge on any atom is -0.444 e. The third-order valence-electron chi connectivity index (χ3n) is 3.09. The van der Waals surface area contributed by atoms with E-state index in [9.17, 15) is 4.79 Å². The number of hydrogen-bond donors (Lipinski definition) is 2. The third kappa shape index (κ3) is 6.62.